The highest BCUT2D eigenvalue weighted by atomic mass is 32.2. The van der Waals surface area contributed by atoms with Gasteiger partial charge in [-0.15, -0.1) is 0 Å². The van der Waals surface area contributed by atoms with Crippen molar-refractivity contribution in [2.45, 2.75) is 11.8 Å². The topological polar surface area (TPSA) is 69.2 Å². The minimum Gasteiger partial charge on any atom is -0.357 e. The van der Waals surface area contributed by atoms with Gasteiger partial charge in [0.05, 0.1) is 10.9 Å². The molecule has 0 aliphatic carbocycles. The summed E-state index contributed by atoms with van der Waals surface area (Å²) in [6.45, 7) is 1.84. The van der Waals surface area contributed by atoms with Crippen molar-refractivity contribution in [1.29, 1.82) is 0 Å². The third-order valence-electron chi connectivity index (χ3n) is 4.17. The second-order valence-electron chi connectivity index (χ2n) is 6.20. The van der Waals surface area contributed by atoms with Gasteiger partial charge in [-0.1, -0.05) is 54.1 Å². The first kappa shape index (κ1) is 18.1. The first-order valence-corrected chi connectivity index (χ1v) is 9.88. The number of hydrogen-bond acceptors (Lipinski definition) is 5. The monoisotopic (exact) mass is 394 g/mol. The van der Waals surface area contributed by atoms with E-state index in [1.165, 1.54) is 24.3 Å². The van der Waals surface area contributed by atoms with Crippen molar-refractivity contribution in [3.05, 3.63) is 84.2 Å². The lowest BCUT2D eigenvalue weighted by atomic mass is 10.2. The van der Waals surface area contributed by atoms with Crippen LogP contribution in [0, 0.1) is 12.7 Å². The Morgan fingerprint density at radius 1 is 0.857 bits per heavy atom. The number of rotatable bonds is 4. The number of aryl methyl sites for hydroxylation is 1. The summed E-state index contributed by atoms with van der Waals surface area (Å²) in [6, 6.07) is 19.5. The van der Waals surface area contributed by atoms with Gasteiger partial charge >= 0.3 is 10.1 Å². The van der Waals surface area contributed by atoms with Gasteiger partial charge in [0.25, 0.3) is 0 Å². The molecule has 0 radical (unpaired) electrons. The Bertz CT molecular complexity index is 1260. The summed E-state index contributed by atoms with van der Waals surface area (Å²) in [5.74, 6) is -0.762. The Kier molecular flexibility index (Phi) is 4.52. The van der Waals surface area contributed by atoms with Crippen molar-refractivity contribution in [3.63, 3.8) is 0 Å². The van der Waals surface area contributed by atoms with E-state index < -0.39 is 15.9 Å². The molecule has 3 aromatic carbocycles. The maximum absolute atomic E-state index is 14.5. The molecular formula is C21H15FN2O3S. The van der Waals surface area contributed by atoms with Crippen molar-refractivity contribution in [3.8, 4) is 17.3 Å². The maximum Gasteiger partial charge on any atom is 0.340 e. The quantitative estimate of drug-likeness (QED) is 0.476. The molecule has 0 saturated heterocycles. The molecule has 4 aromatic rings. The molecule has 0 aliphatic heterocycles. The molecule has 0 saturated carbocycles. The van der Waals surface area contributed by atoms with E-state index in [9.17, 15) is 12.8 Å². The minimum absolute atomic E-state index is 0.0394. The van der Waals surface area contributed by atoms with Crippen LogP contribution in [0.1, 0.15) is 5.56 Å². The van der Waals surface area contributed by atoms with Crippen molar-refractivity contribution < 1.29 is 17.0 Å². The molecule has 0 amide bonds. The van der Waals surface area contributed by atoms with E-state index in [2.05, 4.69) is 9.97 Å². The largest absolute Gasteiger partial charge is 0.357 e. The highest BCUT2D eigenvalue weighted by Gasteiger charge is 2.22. The molecule has 7 heteroatoms. The molecule has 0 unspecified atom stereocenters. The van der Waals surface area contributed by atoms with Gasteiger partial charge in [-0.3, -0.25) is 0 Å². The van der Waals surface area contributed by atoms with Gasteiger partial charge in [0.1, 0.15) is 10.7 Å². The molecule has 28 heavy (non-hydrogen) atoms. The Hall–Kier alpha value is -3.32. The van der Waals surface area contributed by atoms with Gasteiger partial charge in [0, 0.05) is 5.56 Å². The minimum atomic E-state index is -4.19. The summed E-state index contributed by atoms with van der Waals surface area (Å²) in [7, 11) is -4.19. The Balaban J connectivity index is 1.88. The van der Waals surface area contributed by atoms with E-state index in [1.54, 1.807) is 42.5 Å². The number of hydrogen-bond donors (Lipinski definition) is 0. The molecule has 0 bridgehead atoms. The number of halogens is 1. The average molecular weight is 394 g/mol. The van der Waals surface area contributed by atoms with Crippen molar-refractivity contribution in [2.75, 3.05) is 0 Å². The molecule has 0 spiro atoms. The summed E-state index contributed by atoms with van der Waals surface area (Å²) < 4.78 is 45.1. The molecule has 140 valence electrons. The first-order chi connectivity index (χ1) is 13.4. The molecule has 0 atom stereocenters. The Labute approximate surface area is 161 Å². The van der Waals surface area contributed by atoms with Gasteiger partial charge in [-0.25, -0.2) is 9.37 Å². The molecular weight excluding hydrogens is 379 g/mol. The van der Waals surface area contributed by atoms with Gasteiger partial charge in [-0.2, -0.15) is 13.4 Å². The standard InChI is InChI=1S/C21H15FN2O3S/c1-14-10-12-16(13-11-14)28(25,26)27-21-19-17(22)8-5-9-18(19)23-20(24-21)15-6-3-2-4-7-15/h2-13H,1H3. The van der Waals surface area contributed by atoms with Crippen LogP contribution in [-0.2, 0) is 10.1 Å². The van der Waals surface area contributed by atoms with E-state index in [0.29, 0.717) is 5.56 Å². The molecule has 4 rings (SSSR count). The fourth-order valence-corrected chi connectivity index (χ4v) is 3.64. The van der Waals surface area contributed by atoms with Crippen LogP contribution in [0.3, 0.4) is 0 Å². The predicted octanol–water partition coefficient (Wildman–Crippen LogP) is 4.51. The SMILES string of the molecule is Cc1ccc(S(=O)(=O)Oc2nc(-c3ccccc3)nc3cccc(F)c23)cc1. The first-order valence-electron chi connectivity index (χ1n) is 8.47. The van der Waals surface area contributed by atoms with Crippen molar-refractivity contribution in [1.82, 2.24) is 9.97 Å². The van der Waals surface area contributed by atoms with Gasteiger partial charge in [-0.05, 0) is 31.2 Å². The normalized spacial score (nSPS) is 11.5. The highest BCUT2D eigenvalue weighted by molar-refractivity contribution is 7.87. The van der Waals surface area contributed by atoms with E-state index in [4.69, 9.17) is 4.18 Å². The van der Waals surface area contributed by atoms with Crippen LogP contribution in [0.5, 0.6) is 5.88 Å². The van der Waals surface area contributed by atoms with Crippen LogP contribution >= 0.6 is 0 Å². The summed E-state index contributed by atoms with van der Waals surface area (Å²) in [4.78, 5) is 8.52. The van der Waals surface area contributed by atoms with Gasteiger partial charge in [0.2, 0.25) is 5.88 Å². The lowest BCUT2D eigenvalue weighted by Gasteiger charge is -2.11. The predicted molar refractivity (Wildman–Crippen MR) is 104 cm³/mol. The van der Waals surface area contributed by atoms with Crippen LogP contribution < -0.4 is 4.18 Å². The van der Waals surface area contributed by atoms with Gasteiger partial charge in [0.15, 0.2) is 5.82 Å². The second-order valence-corrected chi connectivity index (χ2v) is 7.75. The molecule has 1 heterocycles. The van der Waals surface area contributed by atoms with Crippen molar-refractivity contribution in [2.24, 2.45) is 0 Å². The Morgan fingerprint density at radius 2 is 1.57 bits per heavy atom. The molecule has 0 fully saturated rings. The number of benzene rings is 3. The van der Waals surface area contributed by atoms with E-state index in [-0.39, 0.29) is 27.5 Å². The zero-order chi connectivity index (χ0) is 19.7. The van der Waals surface area contributed by atoms with E-state index in [0.717, 1.165) is 5.56 Å². The lowest BCUT2D eigenvalue weighted by Crippen LogP contribution is -2.12. The third kappa shape index (κ3) is 3.44. The van der Waals surface area contributed by atoms with Gasteiger partial charge < -0.3 is 4.18 Å². The lowest BCUT2D eigenvalue weighted by molar-refractivity contribution is 0.477. The smallest absolute Gasteiger partial charge is 0.340 e. The highest BCUT2D eigenvalue weighted by Crippen LogP contribution is 2.30. The fraction of sp³-hybridized carbons (Fsp3) is 0.0476. The Morgan fingerprint density at radius 3 is 2.29 bits per heavy atom. The van der Waals surface area contributed by atoms with Crippen LogP contribution in [0.15, 0.2) is 77.7 Å². The molecule has 5 nitrogen and oxygen atoms in total. The molecule has 0 N–H and O–H groups in total. The average Bonchev–Trinajstić information content (AvgIpc) is 2.68. The van der Waals surface area contributed by atoms with Crippen LogP contribution in [0.25, 0.3) is 22.3 Å². The second kappa shape index (κ2) is 7.01. The zero-order valence-corrected chi connectivity index (χ0v) is 15.7. The number of fused-ring (bicyclic) bond motifs is 1. The van der Waals surface area contributed by atoms with Crippen LogP contribution in [-0.4, -0.2) is 18.4 Å². The fourth-order valence-electron chi connectivity index (χ4n) is 2.74. The number of nitrogens with zero attached hydrogens (tertiary/aromatic N) is 2. The third-order valence-corrected chi connectivity index (χ3v) is 5.40. The summed E-state index contributed by atoms with van der Waals surface area (Å²) >= 11 is 0. The zero-order valence-electron chi connectivity index (χ0n) is 14.8. The molecule has 1 aromatic heterocycles. The summed E-state index contributed by atoms with van der Waals surface area (Å²) in [5.41, 5.74) is 1.82. The van der Waals surface area contributed by atoms with Crippen LogP contribution in [0.2, 0.25) is 0 Å². The van der Waals surface area contributed by atoms with Crippen LogP contribution in [0.4, 0.5) is 4.39 Å². The molecule has 0 aliphatic rings. The van der Waals surface area contributed by atoms with Crippen molar-refractivity contribution >= 4 is 21.0 Å². The van der Waals surface area contributed by atoms with E-state index in [1.807, 2.05) is 13.0 Å². The summed E-state index contributed by atoms with van der Waals surface area (Å²) in [6.07, 6.45) is 0. The summed E-state index contributed by atoms with van der Waals surface area (Å²) in [5, 5.41) is -0.0853. The maximum atomic E-state index is 14.5. The number of aromatic nitrogens is 2. The van der Waals surface area contributed by atoms with E-state index >= 15 is 0 Å².